The van der Waals surface area contributed by atoms with Gasteiger partial charge < -0.3 is 19.9 Å². The Labute approximate surface area is 129 Å². The molecule has 2 aromatic rings. The van der Waals surface area contributed by atoms with Gasteiger partial charge in [0.15, 0.2) is 0 Å². The molecule has 0 aliphatic carbocycles. The number of carboxylic acid groups (broad SMARTS) is 2. The number of hydrogen-bond acceptors (Lipinski definition) is 4. The number of imidazole rings is 1. The van der Waals surface area contributed by atoms with Crippen molar-refractivity contribution in [1.82, 2.24) is 14.7 Å². The molecule has 122 valence electrons. The van der Waals surface area contributed by atoms with Gasteiger partial charge in [-0.1, -0.05) is 0 Å². The molecule has 2 aromatic heterocycles. The van der Waals surface area contributed by atoms with E-state index >= 15 is 0 Å². The highest BCUT2D eigenvalue weighted by atomic mass is 19.1. The minimum atomic E-state index is -1.31. The van der Waals surface area contributed by atoms with E-state index in [4.69, 9.17) is 10.2 Å². The van der Waals surface area contributed by atoms with Crippen LogP contribution in [0.15, 0.2) is 24.5 Å². The van der Waals surface area contributed by atoms with Gasteiger partial charge in [0.2, 0.25) is 5.91 Å². The lowest BCUT2D eigenvalue weighted by atomic mass is 10.1. The number of rotatable bonds is 7. The highest BCUT2D eigenvalue weighted by Crippen LogP contribution is 2.08. The molecule has 1 atom stereocenters. The normalized spacial score (nSPS) is 12.0. The number of hydrogen-bond donors (Lipinski definition) is 3. The Morgan fingerprint density at radius 2 is 2.00 bits per heavy atom. The molecule has 1 amide bonds. The van der Waals surface area contributed by atoms with E-state index in [1.807, 2.05) is 0 Å². The Morgan fingerprint density at radius 1 is 1.26 bits per heavy atom. The molecule has 9 heteroatoms. The number of amides is 1. The monoisotopic (exact) mass is 323 g/mol. The molecule has 0 fully saturated rings. The SMILES string of the molecule is O=C(O)CCC(NC(=O)Cc1cn2cc(F)ccc2n1)C(=O)O. The van der Waals surface area contributed by atoms with Gasteiger partial charge in [-0.05, 0) is 18.6 Å². The number of nitrogens with zero attached hydrogens (tertiary/aromatic N) is 2. The van der Waals surface area contributed by atoms with Crippen LogP contribution in [0.2, 0.25) is 0 Å². The van der Waals surface area contributed by atoms with Crippen LogP contribution < -0.4 is 5.32 Å². The standard InChI is InChI=1S/C14H14FN3O5/c15-8-1-3-11-16-9(7-18(11)6-8)5-12(19)17-10(14(22)23)2-4-13(20)21/h1,3,6-7,10H,2,4-5H2,(H,17,19)(H,20,21)(H,22,23). The Bertz CT molecular complexity index is 758. The second kappa shape index (κ2) is 6.86. The lowest BCUT2D eigenvalue weighted by molar-refractivity contribution is -0.143. The highest BCUT2D eigenvalue weighted by molar-refractivity contribution is 5.85. The summed E-state index contributed by atoms with van der Waals surface area (Å²) in [6, 6.07) is 1.40. The zero-order valence-electron chi connectivity index (χ0n) is 11.9. The molecule has 2 rings (SSSR count). The van der Waals surface area contributed by atoms with E-state index in [2.05, 4.69) is 10.3 Å². The smallest absolute Gasteiger partial charge is 0.326 e. The number of aromatic nitrogens is 2. The maximum Gasteiger partial charge on any atom is 0.326 e. The minimum Gasteiger partial charge on any atom is -0.481 e. The number of carboxylic acids is 2. The van der Waals surface area contributed by atoms with Crippen LogP contribution in [0.3, 0.4) is 0 Å². The molecule has 3 N–H and O–H groups in total. The second-order valence-corrected chi connectivity index (χ2v) is 4.91. The molecule has 0 aliphatic rings. The van der Waals surface area contributed by atoms with Crippen molar-refractivity contribution in [2.45, 2.75) is 25.3 Å². The summed E-state index contributed by atoms with van der Waals surface area (Å²) >= 11 is 0. The topological polar surface area (TPSA) is 121 Å². The van der Waals surface area contributed by atoms with Crippen LogP contribution in [0, 0.1) is 5.82 Å². The van der Waals surface area contributed by atoms with Crippen molar-refractivity contribution < 1.29 is 29.0 Å². The summed E-state index contributed by atoms with van der Waals surface area (Å²) in [5, 5.41) is 19.8. The van der Waals surface area contributed by atoms with Crippen LogP contribution in [0.1, 0.15) is 18.5 Å². The average Bonchev–Trinajstić information content (AvgIpc) is 2.83. The van der Waals surface area contributed by atoms with Crippen LogP contribution in [0.4, 0.5) is 4.39 Å². The molecule has 0 aromatic carbocycles. The van der Waals surface area contributed by atoms with E-state index in [0.717, 1.165) is 0 Å². The Balaban J connectivity index is 2.01. The van der Waals surface area contributed by atoms with Gasteiger partial charge in [-0.3, -0.25) is 9.59 Å². The molecule has 2 heterocycles. The number of pyridine rings is 1. The van der Waals surface area contributed by atoms with Gasteiger partial charge in [-0.2, -0.15) is 0 Å². The van der Waals surface area contributed by atoms with Gasteiger partial charge in [0.1, 0.15) is 17.5 Å². The third-order valence-electron chi connectivity index (χ3n) is 3.09. The lowest BCUT2D eigenvalue weighted by Crippen LogP contribution is -2.41. The zero-order valence-corrected chi connectivity index (χ0v) is 11.9. The van der Waals surface area contributed by atoms with Crippen molar-refractivity contribution in [3.8, 4) is 0 Å². The van der Waals surface area contributed by atoms with Crippen LogP contribution in [-0.4, -0.2) is 43.5 Å². The number of halogens is 1. The van der Waals surface area contributed by atoms with Crippen LogP contribution >= 0.6 is 0 Å². The number of carbonyl (C=O) groups is 3. The van der Waals surface area contributed by atoms with E-state index in [-0.39, 0.29) is 19.3 Å². The summed E-state index contributed by atoms with van der Waals surface area (Å²) in [4.78, 5) is 37.5. The van der Waals surface area contributed by atoms with Gasteiger partial charge in [0, 0.05) is 18.8 Å². The number of aliphatic carboxylic acids is 2. The Hall–Kier alpha value is -2.97. The Kier molecular flexibility index (Phi) is 4.89. The fourth-order valence-corrected chi connectivity index (χ4v) is 2.04. The van der Waals surface area contributed by atoms with Crippen molar-refractivity contribution >= 4 is 23.5 Å². The van der Waals surface area contributed by atoms with Gasteiger partial charge in [-0.25, -0.2) is 14.2 Å². The largest absolute Gasteiger partial charge is 0.481 e. The number of nitrogens with one attached hydrogen (secondary N) is 1. The predicted molar refractivity (Wildman–Crippen MR) is 75.3 cm³/mol. The summed E-state index contributed by atoms with van der Waals surface area (Å²) in [6.45, 7) is 0. The third-order valence-corrected chi connectivity index (χ3v) is 3.09. The summed E-state index contributed by atoms with van der Waals surface area (Å²) in [7, 11) is 0. The van der Waals surface area contributed by atoms with Crippen molar-refractivity contribution in [3.05, 3.63) is 36.0 Å². The highest BCUT2D eigenvalue weighted by Gasteiger charge is 2.21. The van der Waals surface area contributed by atoms with E-state index in [9.17, 15) is 18.8 Å². The average molecular weight is 323 g/mol. The molecule has 1 unspecified atom stereocenters. The first-order chi connectivity index (χ1) is 10.8. The molecular formula is C14H14FN3O5. The molecule has 8 nitrogen and oxygen atoms in total. The number of fused-ring (bicyclic) bond motifs is 1. The number of carbonyl (C=O) groups excluding carboxylic acids is 1. The first-order valence-electron chi connectivity index (χ1n) is 6.72. The van der Waals surface area contributed by atoms with Crippen molar-refractivity contribution in [2.75, 3.05) is 0 Å². The quantitative estimate of drug-likeness (QED) is 0.680. The van der Waals surface area contributed by atoms with Crippen LogP contribution in [0.25, 0.3) is 5.65 Å². The van der Waals surface area contributed by atoms with E-state index in [1.54, 1.807) is 0 Å². The van der Waals surface area contributed by atoms with Gasteiger partial charge in [-0.15, -0.1) is 0 Å². The van der Waals surface area contributed by atoms with Crippen LogP contribution in [-0.2, 0) is 20.8 Å². The maximum atomic E-state index is 13.1. The van der Waals surface area contributed by atoms with Gasteiger partial charge >= 0.3 is 11.9 Å². The summed E-state index contributed by atoms with van der Waals surface area (Å²) in [5.41, 5.74) is 0.797. The predicted octanol–water partition coefficient (Wildman–Crippen LogP) is 0.450. The lowest BCUT2D eigenvalue weighted by Gasteiger charge is -2.12. The molecule has 0 aliphatic heterocycles. The molecule has 23 heavy (non-hydrogen) atoms. The summed E-state index contributed by atoms with van der Waals surface area (Å²) in [6.07, 6.45) is 1.89. The molecule has 0 spiro atoms. The van der Waals surface area contributed by atoms with Crippen molar-refractivity contribution in [3.63, 3.8) is 0 Å². The van der Waals surface area contributed by atoms with E-state index in [1.165, 1.54) is 28.9 Å². The van der Waals surface area contributed by atoms with Gasteiger partial charge in [0.05, 0.1) is 12.1 Å². The van der Waals surface area contributed by atoms with E-state index < -0.39 is 29.7 Å². The molecule has 0 bridgehead atoms. The first-order valence-corrected chi connectivity index (χ1v) is 6.72. The minimum absolute atomic E-state index is 0.194. The molecular weight excluding hydrogens is 309 g/mol. The summed E-state index contributed by atoms with van der Waals surface area (Å²) in [5.74, 6) is -3.51. The Morgan fingerprint density at radius 3 is 2.65 bits per heavy atom. The third kappa shape index (κ3) is 4.50. The maximum absolute atomic E-state index is 13.1. The molecule has 0 radical (unpaired) electrons. The fraction of sp³-hybridized carbons (Fsp3) is 0.286. The molecule has 0 saturated carbocycles. The zero-order chi connectivity index (χ0) is 17.0. The van der Waals surface area contributed by atoms with E-state index in [0.29, 0.717) is 11.3 Å². The fourth-order valence-electron chi connectivity index (χ4n) is 2.04. The van der Waals surface area contributed by atoms with Crippen molar-refractivity contribution in [1.29, 1.82) is 0 Å². The first kappa shape index (κ1) is 16.4. The molecule has 0 saturated heterocycles. The van der Waals surface area contributed by atoms with Crippen LogP contribution in [0.5, 0.6) is 0 Å². The second-order valence-electron chi connectivity index (χ2n) is 4.91. The van der Waals surface area contributed by atoms with Gasteiger partial charge in [0.25, 0.3) is 0 Å². The van der Waals surface area contributed by atoms with Crippen molar-refractivity contribution in [2.24, 2.45) is 0 Å². The summed E-state index contributed by atoms with van der Waals surface area (Å²) < 4.78 is 14.5.